The van der Waals surface area contributed by atoms with Crippen LogP contribution in [0.5, 0.6) is 0 Å². The first-order valence-corrected chi connectivity index (χ1v) is 13.2. The van der Waals surface area contributed by atoms with Gasteiger partial charge >= 0.3 is 0 Å². The largest absolute Gasteiger partial charge is 0.369 e. The zero-order valence-electron chi connectivity index (χ0n) is 19.9. The maximum absolute atomic E-state index is 13.8. The number of sulfonamides is 1. The van der Waals surface area contributed by atoms with Crippen molar-refractivity contribution in [2.45, 2.75) is 6.54 Å². The first-order valence-electron chi connectivity index (χ1n) is 11.4. The van der Waals surface area contributed by atoms with E-state index in [0.717, 1.165) is 54.0 Å². The van der Waals surface area contributed by atoms with Crippen LogP contribution in [0, 0.1) is 5.95 Å². The Hall–Kier alpha value is -3.84. The van der Waals surface area contributed by atoms with Crippen molar-refractivity contribution in [2.75, 3.05) is 54.0 Å². The minimum atomic E-state index is -3.66. The summed E-state index contributed by atoms with van der Waals surface area (Å²) in [6, 6.07) is 9.97. The summed E-state index contributed by atoms with van der Waals surface area (Å²) in [5.74, 6) is -0.522. The Kier molecular flexibility index (Phi) is 6.41. The molecule has 13 heteroatoms. The smallest absolute Gasteiger partial charge is 0.233 e. The lowest BCUT2D eigenvalue weighted by Gasteiger charge is -2.29. The van der Waals surface area contributed by atoms with E-state index in [-0.39, 0.29) is 12.4 Å². The Morgan fingerprint density at radius 2 is 1.83 bits per heavy atom. The summed E-state index contributed by atoms with van der Waals surface area (Å²) < 4.78 is 40.6. The number of hydrogen-bond donors (Lipinski definition) is 2. The molecule has 4 heterocycles. The fraction of sp³-hybridized carbons (Fsp3) is 0.304. The van der Waals surface area contributed by atoms with Gasteiger partial charge in [0.15, 0.2) is 5.82 Å². The van der Waals surface area contributed by atoms with Crippen LogP contribution in [0.1, 0.15) is 5.69 Å². The third-order valence-corrected chi connectivity index (χ3v) is 7.19. The molecule has 0 bridgehead atoms. The second-order valence-corrected chi connectivity index (χ2v) is 10.5. The summed E-state index contributed by atoms with van der Waals surface area (Å²) in [6.07, 6.45) is 5.49. The van der Waals surface area contributed by atoms with Crippen molar-refractivity contribution in [3.8, 4) is 0 Å². The summed E-state index contributed by atoms with van der Waals surface area (Å²) in [4.78, 5) is 19.3. The van der Waals surface area contributed by atoms with Gasteiger partial charge in [0.1, 0.15) is 11.3 Å². The van der Waals surface area contributed by atoms with E-state index in [9.17, 15) is 12.8 Å². The van der Waals surface area contributed by atoms with Gasteiger partial charge in [-0.2, -0.15) is 14.4 Å². The average Bonchev–Trinajstić information content (AvgIpc) is 3.27. The number of halogens is 1. The van der Waals surface area contributed by atoms with Crippen molar-refractivity contribution >= 4 is 44.2 Å². The topological polar surface area (TPSA) is 121 Å². The van der Waals surface area contributed by atoms with Crippen molar-refractivity contribution in [3.63, 3.8) is 0 Å². The van der Waals surface area contributed by atoms with Gasteiger partial charge in [0.2, 0.25) is 21.9 Å². The highest BCUT2D eigenvalue weighted by Gasteiger charge is 2.20. The molecule has 0 saturated carbocycles. The number of nitrogens with one attached hydrogen (secondary N) is 2. The molecule has 2 N–H and O–H groups in total. The van der Waals surface area contributed by atoms with E-state index in [0.29, 0.717) is 17.3 Å². The number of nitrogens with zero attached hydrogens (tertiary/aromatic N) is 7. The van der Waals surface area contributed by atoms with Gasteiger partial charge in [0.05, 0.1) is 19.0 Å². The molecule has 1 fully saturated rings. The summed E-state index contributed by atoms with van der Waals surface area (Å²) in [6.45, 7) is 4.04. The van der Waals surface area contributed by atoms with Gasteiger partial charge in [-0.1, -0.05) is 0 Å². The van der Waals surface area contributed by atoms with Crippen LogP contribution in [-0.4, -0.2) is 72.4 Å². The van der Waals surface area contributed by atoms with Crippen LogP contribution < -0.4 is 19.8 Å². The minimum Gasteiger partial charge on any atom is -0.369 e. The number of hydrogen-bond acceptors (Lipinski definition) is 9. The van der Waals surface area contributed by atoms with Gasteiger partial charge in [-0.05, 0) is 30.3 Å². The number of piperazine rings is 1. The number of rotatable bonds is 7. The van der Waals surface area contributed by atoms with Crippen LogP contribution >= 0.6 is 0 Å². The molecule has 0 unspecified atom stereocenters. The predicted molar refractivity (Wildman–Crippen MR) is 137 cm³/mol. The normalized spacial score (nSPS) is 14.2. The van der Waals surface area contributed by atoms with Crippen molar-refractivity contribution in [1.82, 2.24) is 29.8 Å². The predicted octanol–water partition coefficient (Wildman–Crippen LogP) is 1.96. The van der Waals surface area contributed by atoms with Gasteiger partial charge in [-0.25, -0.2) is 13.4 Å². The first kappa shape index (κ1) is 23.9. The Bertz CT molecular complexity index is 1490. The maximum Gasteiger partial charge on any atom is 0.233 e. The molecule has 0 spiro atoms. The Labute approximate surface area is 208 Å². The van der Waals surface area contributed by atoms with Crippen LogP contribution in [-0.2, 0) is 16.6 Å². The standard InChI is InChI=1S/C23H26FN9O2S/c1-31(36(2,34)35)22-19(26-14-20(24)29-22)15-33-10-7-16-13-27-23(30-21(16)33)28-17-3-5-18(6-4-17)32-11-8-25-9-12-32/h3-7,10,13-14,25H,8-9,11-12,15H2,1-2H3,(H,27,28,30). The molecule has 0 radical (unpaired) electrons. The first-order chi connectivity index (χ1) is 17.3. The number of benzene rings is 1. The second kappa shape index (κ2) is 9.66. The summed E-state index contributed by atoms with van der Waals surface area (Å²) in [7, 11) is -2.34. The molecule has 5 rings (SSSR count). The molecule has 0 amide bonds. The molecule has 1 saturated heterocycles. The van der Waals surface area contributed by atoms with Gasteiger partial charge in [0, 0.05) is 62.4 Å². The van der Waals surface area contributed by atoms with Crippen molar-refractivity contribution in [3.05, 3.63) is 60.6 Å². The highest BCUT2D eigenvalue weighted by molar-refractivity contribution is 7.92. The molecule has 36 heavy (non-hydrogen) atoms. The second-order valence-electron chi connectivity index (χ2n) is 8.52. The van der Waals surface area contributed by atoms with E-state index in [1.165, 1.54) is 12.7 Å². The van der Waals surface area contributed by atoms with E-state index >= 15 is 0 Å². The Morgan fingerprint density at radius 3 is 2.56 bits per heavy atom. The van der Waals surface area contributed by atoms with Crippen LogP contribution in [0.25, 0.3) is 11.0 Å². The number of aromatic nitrogens is 5. The fourth-order valence-electron chi connectivity index (χ4n) is 4.03. The van der Waals surface area contributed by atoms with Crippen LogP contribution in [0.2, 0.25) is 0 Å². The fourth-order valence-corrected chi connectivity index (χ4v) is 4.49. The van der Waals surface area contributed by atoms with E-state index in [2.05, 4.69) is 47.6 Å². The summed E-state index contributed by atoms with van der Waals surface area (Å²) >= 11 is 0. The van der Waals surface area contributed by atoms with E-state index < -0.39 is 16.0 Å². The van der Waals surface area contributed by atoms with Crippen LogP contribution in [0.4, 0.5) is 27.5 Å². The Balaban J connectivity index is 1.39. The zero-order chi connectivity index (χ0) is 25.3. The van der Waals surface area contributed by atoms with E-state index in [4.69, 9.17) is 0 Å². The third kappa shape index (κ3) is 5.06. The Morgan fingerprint density at radius 1 is 1.08 bits per heavy atom. The number of fused-ring (bicyclic) bond motifs is 1. The minimum absolute atomic E-state index is 0.0728. The van der Waals surface area contributed by atoms with E-state index in [1.54, 1.807) is 17.0 Å². The molecule has 1 aliphatic rings. The molecular formula is C23H26FN9O2S. The highest BCUT2D eigenvalue weighted by Crippen LogP contribution is 2.23. The molecular weight excluding hydrogens is 485 g/mol. The van der Waals surface area contributed by atoms with Crippen molar-refractivity contribution in [2.24, 2.45) is 0 Å². The molecule has 1 aromatic carbocycles. The average molecular weight is 512 g/mol. The van der Waals surface area contributed by atoms with Crippen molar-refractivity contribution < 1.29 is 12.8 Å². The van der Waals surface area contributed by atoms with Gasteiger partial charge < -0.3 is 20.1 Å². The van der Waals surface area contributed by atoms with Crippen LogP contribution in [0.15, 0.2) is 48.9 Å². The highest BCUT2D eigenvalue weighted by atomic mass is 32.2. The molecule has 0 aliphatic carbocycles. The summed E-state index contributed by atoms with van der Waals surface area (Å²) in [5.41, 5.74) is 2.93. The lowest BCUT2D eigenvalue weighted by atomic mass is 10.2. The lowest BCUT2D eigenvalue weighted by molar-refractivity contribution is 0.570. The zero-order valence-corrected chi connectivity index (χ0v) is 20.7. The summed E-state index contributed by atoms with van der Waals surface area (Å²) in [5, 5.41) is 7.38. The van der Waals surface area contributed by atoms with Gasteiger partial charge in [-0.3, -0.25) is 9.29 Å². The number of anilines is 4. The molecule has 0 atom stereocenters. The van der Waals surface area contributed by atoms with Gasteiger partial charge in [0.25, 0.3) is 0 Å². The maximum atomic E-state index is 13.8. The molecule has 11 nitrogen and oxygen atoms in total. The monoisotopic (exact) mass is 511 g/mol. The van der Waals surface area contributed by atoms with E-state index in [1.807, 2.05) is 18.2 Å². The molecule has 188 valence electrons. The SMILES string of the molecule is CN(c1nc(F)cnc1Cn1ccc2cnc(Nc3ccc(N4CCNCC4)cc3)nc21)S(C)(=O)=O. The molecule has 4 aromatic rings. The third-order valence-electron chi connectivity index (χ3n) is 6.02. The molecule has 1 aliphatic heterocycles. The molecule has 3 aromatic heterocycles. The van der Waals surface area contributed by atoms with Gasteiger partial charge in [-0.15, -0.1) is 0 Å². The van der Waals surface area contributed by atoms with Crippen LogP contribution in [0.3, 0.4) is 0 Å². The lowest BCUT2D eigenvalue weighted by Crippen LogP contribution is -2.43. The quantitative estimate of drug-likeness (QED) is 0.383. The van der Waals surface area contributed by atoms with Crippen molar-refractivity contribution in [1.29, 1.82) is 0 Å².